The first-order chi connectivity index (χ1) is 6.70. The van der Waals surface area contributed by atoms with Gasteiger partial charge in [-0.15, -0.1) is 0 Å². The van der Waals surface area contributed by atoms with Crippen molar-refractivity contribution in [2.75, 3.05) is 7.11 Å². The van der Waals surface area contributed by atoms with Crippen LogP contribution in [0.15, 0.2) is 29.1 Å². The summed E-state index contributed by atoms with van der Waals surface area (Å²) in [4.78, 5) is 13.3. The highest BCUT2D eigenvalue weighted by atomic mass is 16.5. The van der Waals surface area contributed by atoms with Crippen LogP contribution in [0.2, 0.25) is 0 Å². The van der Waals surface area contributed by atoms with Gasteiger partial charge in [0.1, 0.15) is 5.75 Å². The molecule has 0 saturated heterocycles. The number of methoxy groups -OCH3 is 1. The van der Waals surface area contributed by atoms with Crippen molar-refractivity contribution < 1.29 is 9.84 Å². The Bertz CT molecular complexity index is 530. The fraction of sp³-hybridized carbons (Fsp3) is 0.100. The van der Waals surface area contributed by atoms with Crippen LogP contribution in [0.3, 0.4) is 0 Å². The minimum absolute atomic E-state index is 0.133. The van der Waals surface area contributed by atoms with E-state index in [4.69, 9.17) is 4.74 Å². The van der Waals surface area contributed by atoms with Gasteiger partial charge in [-0.3, -0.25) is 9.78 Å². The molecule has 0 amide bonds. The average molecular weight is 191 g/mol. The molecule has 1 heterocycles. The van der Waals surface area contributed by atoms with E-state index < -0.39 is 0 Å². The predicted molar refractivity (Wildman–Crippen MR) is 52.8 cm³/mol. The molecule has 0 fully saturated rings. The van der Waals surface area contributed by atoms with E-state index in [1.165, 1.54) is 6.07 Å². The zero-order valence-corrected chi connectivity index (χ0v) is 7.57. The summed E-state index contributed by atoms with van der Waals surface area (Å²) in [5, 5.41) is 10.7. The fourth-order valence-corrected chi connectivity index (χ4v) is 1.35. The number of hydrogen-bond acceptors (Lipinski definition) is 3. The van der Waals surface area contributed by atoms with Gasteiger partial charge in [-0.05, 0) is 17.5 Å². The van der Waals surface area contributed by atoms with E-state index in [2.05, 4.69) is 4.98 Å². The van der Waals surface area contributed by atoms with Crippen molar-refractivity contribution in [1.29, 1.82) is 0 Å². The standard InChI is InChI=1S/C10H9NO3/c1-14-7-3-2-6-4-9(12)11-10(13)8(6)5-7/h2-5H,1H3,(H2,11,12,13). The van der Waals surface area contributed by atoms with Crippen molar-refractivity contribution >= 4 is 10.8 Å². The Labute approximate surface area is 79.8 Å². The second-order valence-corrected chi connectivity index (χ2v) is 2.94. The molecule has 2 aromatic rings. The van der Waals surface area contributed by atoms with Gasteiger partial charge >= 0.3 is 0 Å². The number of benzene rings is 1. The lowest BCUT2D eigenvalue weighted by atomic mass is 10.1. The zero-order valence-electron chi connectivity index (χ0n) is 7.57. The molecule has 4 heteroatoms. The Morgan fingerprint density at radius 3 is 2.86 bits per heavy atom. The summed E-state index contributed by atoms with van der Waals surface area (Å²) in [6.45, 7) is 0. The van der Waals surface area contributed by atoms with Crippen LogP contribution < -0.4 is 10.3 Å². The van der Waals surface area contributed by atoms with Crippen molar-refractivity contribution in [2.45, 2.75) is 0 Å². The number of ether oxygens (including phenoxy) is 1. The molecule has 0 bridgehead atoms. The molecule has 4 nitrogen and oxygen atoms in total. The van der Waals surface area contributed by atoms with E-state index in [0.717, 1.165) is 0 Å². The van der Waals surface area contributed by atoms with Gasteiger partial charge in [-0.25, -0.2) is 0 Å². The summed E-state index contributed by atoms with van der Waals surface area (Å²) >= 11 is 0. The van der Waals surface area contributed by atoms with Gasteiger partial charge in [-0.2, -0.15) is 0 Å². The molecule has 1 aromatic heterocycles. The van der Waals surface area contributed by atoms with Crippen LogP contribution in [0.25, 0.3) is 10.8 Å². The minimum Gasteiger partial charge on any atom is -0.497 e. The Kier molecular flexibility index (Phi) is 1.89. The highest BCUT2D eigenvalue weighted by molar-refractivity contribution is 5.87. The number of nitrogens with one attached hydrogen (secondary N) is 1. The molecule has 0 aliphatic carbocycles. The van der Waals surface area contributed by atoms with Gasteiger partial charge in [-0.1, -0.05) is 6.07 Å². The van der Waals surface area contributed by atoms with E-state index in [1.807, 2.05) is 0 Å². The summed E-state index contributed by atoms with van der Waals surface area (Å²) in [7, 11) is 1.55. The van der Waals surface area contributed by atoms with Crippen LogP contribution in [-0.2, 0) is 0 Å². The maximum atomic E-state index is 11.0. The third-order valence-corrected chi connectivity index (χ3v) is 2.04. The summed E-state index contributed by atoms with van der Waals surface area (Å²) in [6, 6.07) is 6.56. The van der Waals surface area contributed by atoms with Crippen LogP contribution in [0, 0.1) is 0 Å². The number of aromatic nitrogens is 1. The maximum Gasteiger partial charge on any atom is 0.251 e. The van der Waals surface area contributed by atoms with Crippen LogP contribution >= 0.6 is 0 Å². The predicted octanol–water partition coefficient (Wildman–Crippen LogP) is 1.24. The first-order valence-electron chi connectivity index (χ1n) is 4.11. The smallest absolute Gasteiger partial charge is 0.251 e. The highest BCUT2D eigenvalue weighted by Crippen LogP contribution is 2.24. The first kappa shape index (κ1) is 8.62. The van der Waals surface area contributed by atoms with Gasteiger partial charge in [0.2, 0.25) is 0 Å². The van der Waals surface area contributed by atoms with E-state index in [-0.39, 0.29) is 11.4 Å². The molecular weight excluding hydrogens is 182 g/mol. The Morgan fingerprint density at radius 1 is 1.36 bits per heavy atom. The second-order valence-electron chi connectivity index (χ2n) is 2.94. The topological polar surface area (TPSA) is 62.3 Å². The molecule has 72 valence electrons. The van der Waals surface area contributed by atoms with E-state index in [9.17, 15) is 9.90 Å². The van der Waals surface area contributed by atoms with Crippen molar-refractivity contribution in [3.8, 4) is 11.6 Å². The Morgan fingerprint density at radius 2 is 2.14 bits per heavy atom. The lowest BCUT2D eigenvalue weighted by molar-refractivity contribution is 0.414. The number of hydrogen-bond donors (Lipinski definition) is 2. The minimum atomic E-state index is -0.319. The number of H-pyrrole nitrogens is 1. The summed E-state index contributed by atoms with van der Waals surface area (Å²) in [5.74, 6) is 0.506. The maximum absolute atomic E-state index is 11.0. The molecule has 14 heavy (non-hydrogen) atoms. The van der Waals surface area contributed by atoms with E-state index in [0.29, 0.717) is 16.5 Å². The van der Waals surface area contributed by atoms with Crippen molar-refractivity contribution in [3.63, 3.8) is 0 Å². The van der Waals surface area contributed by atoms with Crippen molar-refractivity contribution in [1.82, 2.24) is 4.98 Å². The first-order valence-corrected chi connectivity index (χ1v) is 4.11. The fourth-order valence-electron chi connectivity index (χ4n) is 1.35. The molecule has 1 aromatic carbocycles. The number of aromatic hydroxyl groups is 1. The van der Waals surface area contributed by atoms with Gasteiger partial charge in [0.15, 0.2) is 5.88 Å². The molecule has 2 rings (SSSR count). The molecule has 0 aliphatic heterocycles. The molecule has 0 radical (unpaired) electrons. The third kappa shape index (κ3) is 1.31. The number of fused-ring (bicyclic) bond motifs is 1. The summed E-state index contributed by atoms with van der Waals surface area (Å²) in [6.07, 6.45) is 0. The molecular formula is C10H9NO3. The van der Waals surface area contributed by atoms with E-state index >= 15 is 0 Å². The number of pyridine rings is 1. The molecule has 0 atom stereocenters. The summed E-state index contributed by atoms with van der Waals surface area (Å²) < 4.78 is 5.00. The number of aromatic amines is 1. The Hall–Kier alpha value is -1.97. The average Bonchev–Trinajstić information content (AvgIpc) is 2.17. The SMILES string of the molecule is COc1ccc2cc(=O)[nH]c(O)c2c1. The molecule has 2 N–H and O–H groups in total. The van der Waals surface area contributed by atoms with Crippen molar-refractivity contribution in [2.24, 2.45) is 0 Å². The quantitative estimate of drug-likeness (QED) is 0.712. The normalized spacial score (nSPS) is 10.4. The van der Waals surface area contributed by atoms with Crippen LogP contribution in [0.1, 0.15) is 0 Å². The van der Waals surface area contributed by atoms with Crippen molar-refractivity contribution in [3.05, 3.63) is 34.6 Å². The molecule has 0 spiro atoms. The van der Waals surface area contributed by atoms with Crippen LogP contribution in [0.4, 0.5) is 0 Å². The monoisotopic (exact) mass is 191 g/mol. The van der Waals surface area contributed by atoms with Crippen LogP contribution in [-0.4, -0.2) is 17.2 Å². The second kappa shape index (κ2) is 3.06. The third-order valence-electron chi connectivity index (χ3n) is 2.04. The summed E-state index contributed by atoms with van der Waals surface area (Å²) in [5.41, 5.74) is -0.319. The molecule has 0 aliphatic rings. The van der Waals surface area contributed by atoms with Gasteiger partial charge in [0.25, 0.3) is 5.56 Å². The number of rotatable bonds is 1. The lowest BCUT2D eigenvalue weighted by Crippen LogP contribution is -2.02. The van der Waals surface area contributed by atoms with Gasteiger partial charge < -0.3 is 9.84 Å². The lowest BCUT2D eigenvalue weighted by Gasteiger charge is -2.03. The highest BCUT2D eigenvalue weighted by Gasteiger charge is 2.02. The zero-order chi connectivity index (χ0) is 10.1. The van der Waals surface area contributed by atoms with Gasteiger partial charge in [0, 0.05) is 11.5 Å². The largest absolute Gasteiger partial charge is 0.497 e. The molecule has 0 saturated carbocycles. The van der Waals surface area contributed by atoms with Crippen LogP contribution in [0.5, 0.6) is 11.6 Å². The van der Waals surface area contributed by atoms with Gasteiger partial charge in [0.05, 0.1) is 7.11 Å². The Balaban J connectivity index is 2.82. The molecule has 0 unspecified atom stereocenters. The van der Waals surface area contributed by atoms with E-state index in [1.54, 1.807) is 25.3 Å².